The summed E-state index contributed by atoms with van der Waals surface area (Å²) in [5, 5.41) is 11.5. The molecule has 6 heteroatoms. The van der Waals surface area contributed by atoms with Gasteiger partial charge < -0.3 is 9.88 Å². The Morgan fingerprint density at radius 2 is 2.29 bits per heavy atom. The largest absolute Gasteiger partial charge is 0.310 e. The minimum Gasteiger partial charge on any atom is -0.310 e. The third kappa shape index (κ3) is 2.76. The van der Waals surface area contributed by atoms with E-state index in [0.29, 0.717) is 12.6 Å². The topological polar surface area (TPSA) is 64.7 Å². The van der Waals surface area contributed by atoms with Gasteiger partial charge in [0.05, 0.1) is 6.54 Å². The van der Waals surface area contributed by atoms with Crippen LogP contribution in [0.15, 0.2) is 23.1 Å². The summed E-state index contributed by atoms with van der Waals surface area (Å²) in [4.78, 5) is 12.3. The van der Waals surface area contributed by atoms with Gasteiger partial charge in [0.15, 0.2) is 0 Å². The van der Waals surface area contributed by atoms with Crippen molar-refractivity contribution in [3.63, 3.8) is 0 Å². The van der Waals surface area contributed by atoms with Crippen LogP contribution in [0.2, 0.25) is 0 Å². The molecule has 0 saturated heterocycles. The summed E-state index contributed by atoms with van der Waals surface area (Å²) in [6.45, 7) is 3.55. The van der Waals surface area contributed by atoms with Crippen molar-refractivity contribution in [3.8, 4) is 0 Å². The van der Waals surface area contributed by atoms with E-state index in [1.807, 2.05) is 23.9 Å². The SMILES string of the molecule is CCNC1CCCc2c1ccc(=O)n2Cc1cn(C)nn1. The average Bonchev–Trinajstić information content (AvgIpc) is 2.88. The lowest BCUT2D eigenvalue weighted by Crippen LogP contribution is -2.32. The first-order valence-electron chi connectivity index (χ1n) is 7.50. The molecule has 0 amide bonds. The second-order valence-corrected chi connectivity index (χ2v) is 5.55. The molecule has 0 bridgehead atoms. The highest BCUT2D eigenvalue weighted by Gasteiger charge is 2.22. The van der Waals surface area contributed by atoms with E-state index in [1.165, 1.54) is 5.56 Å². The predicted molar refractivity (Wildman–Crippen MR) is 80.2 cm³/mol. The van der Waals surface area contributed by atoms with E-state index in [4.69, 9.17) is 0 Å². The molecule has 0 spiro atoms. The summed E-state index contributed by atoms with van der Waals surface area (Å²) in [7, 11) is 1.83. The Morgan fingerprint density at radius 3 is 3.00 bits per heavy atom. The van der Waals surface area contributed by atoms with E-state index in [1.54, 1.807) is 10.7 Å². The highest BCUT2D eigenvalue weighted by atomic mass is 16.1. The van der Waals surface area contributed by atoms with Crippen LogP contribution >= 0.6 is 0 Å². The summed E-state index contributed by atoms with van der Waals surface area (Å²) in [6.07, 6.45) is 5.04. The molecule has 1 unspecified atom stereocenters. The van der Waals surface area contributed by atoms with Crippen LogP contribution in [0.1, 0.15) is 42.8 Å². The molecule has 0 aromatic carbocycles. The van der Waals surface area contributed by atoms with Crippen LogP contribution in [0.3, 0.4) is 0 Å². The van der Waals surface area contributed by atoms with Gasteiger partial charge in [0.2, 0.25) is 0 Å². The van der Waals surface area contributed by atoms with Crippen LogP contribution in [0.25, 0.3) is 0 Å². The molecular formula is C15H21N5O. The minimum atomic E-state index is 0.0385. The number of pyridine rings is 1. The number of aryl methyl sites for hydroxylation is 1. The first-order valence-corrected chi connectivity index (χ1v) is 7.50. The maximum atomic E-state index is 12.3. The second kappa shape index (κ2) is 5.81. The fraction of sp³-hybridized carbons (Fsp3) is 0.533. The van der Waals surface area contributed by atoms with E-state index < -0.39 is 0 Å². The third-order valence-corrected chi connectivity index (χ3v) is 4.03. The van der Waals surface area contributed by atoms with Gasteiger partial charge in [0.25, 0.3) is 5.56 Å². The van der Waals surface area contributed by atoms with Crippen molar-refractivity contribution in [3.05, 3.63) is 45.6 Å². The Labute approximate surface area is 123 Å². The summed E-state index contributed by atoms with van der Waals surface area (Å²) in [5.74, 6) is 0. The summed E-state index contributed by atoms with van der Waals surface area (Å²) in [5.41, 5.74) is 3.26. The van der Waals surface area contributed by atoms with Crippen molar-refractivity contribution in [2.75, 3.05) is 6.54 Å². The smallest absolute Gasteiger partial charge is 0.251 e. The normalized spacial score (nSPS) is 17.7. The molecule has 2 aromatic rings. The van der Waals surface area contributed by atoms with Crippen LogP contribution < -0.4 is 10.9 Å². The fourth-order valence-electron chi connectivity index (χ4n) is 3.12. The molecule has 1 aliphatic carbocycles. The molecule has 6 nitrogen and oxygen atoms in total. The van der Waals surface area contributed by atoms with Crippen molar-refractivity contribution in [1.82, 2.24) is 24.9 Å². The van der Waals surface area contributed by atoms with Crippen molar-refractivity contribution in [2.45, 2.75) is 38.8 Å². The van der Waals surface area contributed by atoms with Gasteiger partial charge in [-0.1, -0.05) is 18.2 Å². The van der Waals surface area contributed by atoms with Gasteiger partial charge in [0, 0.05) is 31.0 Å². The lowest BCUT2D eigenvalue weighted by atomic mass is 9.91. The van der Waals surface area contributed by atoms with Crippen molar-refractivity contribution < 1.29 is 0 Å². The lowest BCUT2D eigenvalue weighted by molar-refractivity contribution is 0.452. The van der Waals surface area contributed by atoms with Crippen molar-refractivity contribution in [2.24, 2.45) is 7.05 Å². The molecule has 2 aromatic heterocycles. The fourth-order valence-corrected chi connectivity index (χ4v) is 3.12. The number of hydrogen-bond donors (Lipinski definition) is 1. The van der Waals surface area contributed by atoms with Crippen molar-refractivity contribution in [1.29, 1.82) is 0 Å². The zero-order valence-corrected chi connectivity index (χ0v) is 12.5. The van der Waals surface area contributed by atoms with E-state index in [2.05, 4.69) is 22.6 Å². The van der Waals surface area contributed by atoms with Gasteiger partial charge in [-0.25, -0.2) is 0 Å². The standard InChI is InChI=1S/C15H21N5O/c1-3-16-13-5-4-6-14-12(13)7-8-15(21)20(14)10-11-9-19(2)18-17-11/h7-9,13,16H,3-6,10H2,1-2H3. The van der Waals surface area contributed by atoms with E-state index >= 15 is 0 Å². The average molecular weight is 287 g/mol. The Balaban J connectivity index is 2.00. The molecular weight excluding hydrogens is 266 g/mol. The molecule has 1 aliphatic rings. The van der Waals surface area contributed by atoms with Gasteiger partial charge in [-0.2, -0.15) is 0 Å². The van der Waals surface area contributed by atoms with E-state index in [0.717, 1.165) is 37.2 Å². The van der Waals surface area contributed by atoms with Crippen LogP contribution in [-0.2, 0) is 20.0 Å². The molecule has 3 rings (SSSR count). The van der Waals surface area contributed by atoms with Crippen LogP contribution in [0, 0.1) is 0 Å². The first-order chi connectivity index (χ1) is 10.2. The number of nitrogens with one attached hydrogen (secondary N) is 1. The number of nitrogens with zero attached hydrogens (tertiary/aromatic N) is 4. The Morgan fingerprint density at radius 1 is 1.43 bits per heavy atom. The molecule has 0 aliphatic heterocycles. The molecule has 0 radical (unpaired) electrons. The zero-order chi connectivity index (χ0) is 14.8. The minimum absolute atomic E-state index is 0.0385. The summed E-state index contributed by atoms with van der Waals surface area (Å²) in [6, 6.07) is 4.01. The van der Waals surface area contributed by atoms with Gasteiger partial charge in [-0.05, 0) is 31.4 Å². The van der Waals surface area contributed by atoms with Gasteiger partial charge >= 0.3 is 0 Å². The maximum Gasteiger partial charge on any atom is 0.251 e. The van der Waals surface area contributed by atoms with Gasteiger partial charge in [-0.3, -0.25) is 9.48 Å². The Bertz CT molecular complexity index is 688. The van der Waals surface area contributed by atoms with Crippen LogP contribution in [0.5, 0.6) is 0 Å². The second-order valence-electron chi connectivity index (χ2n) is 5.55. The molecule has 0 saturated carbocycles. The van der Waals surface area contributed by atoms with Gasteiger partial charge in [0.1, 0.15) is 5.69 Å². The number of fused-ring (bicyclic) bond motifs is 1. The zero-order valence-electron chi connectivity index (χ0n) is 12.5. The molecule has 112 valence electrons. The molecule has 21 heavy (non-hydrogen) atoms. The number of rotatable bonds is 4. The molecule has 2 heterocycles. The molecule has 1 N–H and O–H groups in total. The molecule has 0 fully saturated rings. The quantitative estimate of drug-likeness (QED) is 0.911. The maximum absolute atomic E-state index is 12.3. The summed E-state index contributed by atoms with van der Waals surface area (Å²) < 4.78 is 3.51. The van der Waals surface area contributed by atoms with E-state index in [-0.39, 0.29) is 5.56 Å². The third-order valence-electron chi connectivity index (χ3n) is 4.03. The van der Waals surface area contributed by atoms with Crippen LogP contribution in [-0.4, -0.2) is 26.1 Å². The first kappa shape index (κ1) is 14.0. The predicted octanol–water partition coefficient (Wildman–Crippen LogP) is 1.01. The monoisotopic (exact) mass is 287 g/mol. The molecule has 1 atom stereocenters. The highest BCUT2D eigenvalue weighted by Crippen LogP contribution is 2.28. The van der Waals surface area contributed by atoms with E-state index in [9.17, 15) is 4.79 Å². The van der Waals surface area contributed by atoms with Gasteiger partial charge in [-0.15, -0.1) is 5.10 Å². The Kier molecular flexibility index (Phi) is 3.88. The summed E-state index contributed by atoms with van der Waals surface area (Å²) >= 11 is 0. The lowest BCUT2D eigenvalue weighted by Gasteiger charge is -2.28. The Hall–Kier alpha value is -1.95. The number of hydrogen-bond acceptors (Lipinski definition) is 4. The highest BCUT2D eigenvalue weighted by molar-refractivity contribution is 5.28. The van der Waals surface area contributed by atoms with Crippen molar-refractivity contribution >= 4 is 0 Å². The number of aromatic nitrogens is 4. The van der Waals surface area contributed by atoms with Crippen LogP contribution in [0.4, 0.5) is 0 Å².